The topological polar surface area (TPSA) is 49.4 Å². The molecule has 1 spiro atoms. The van der Waals surface area contributed by atoms with Gasteiger partial charge in [0.1, 0.15) is 5.54 Å². The summed E-state index contributed by atoms with van der Waals surface area (Å²) in [6, 6.07) is 25.0. The molecule has 0 aromatic heterocycles. The average Bonchev–Trinajstić information content (AvgIpc) is 3.48. The van der Waals surface area contributed by atoms with Crippen molar-refractivity contribution < 1.29 is 9.59 Å². The molecule has 0 saturated carbocycles. The van der Waals surface area contributed by atoms with Gasteiger partial charge in [0.25, 0.3) is 0 Å². The summed E-state index contributed by atoms with van der Waals surface area (Å²) in [6.07, 6.45) is 0. The number of rotatable bonds is 3. The number of nitrogens with one attached hydrogen (secondary N) is 1. The van der Waals surface area contributed by atoms with Crippen molar-refractivity contribution in [1.82, 2.24) is 4.90 Å². The Morgan fingerprint density at radius 1 is 1.00 bits per heavy atom. The number of para-hydroxylation sites is 1. The first-order chi connectivity index (χ1) is 15.6. The summed E-state index contributed by atoms with van der Waals surface area (Å²) in [5.41, 5.74) is 2.37. The number of ketones is 1. The van der Waals surface area contributed by atoms with E-state index in [4.69, 9.17) is 11.6 Å². The average molecular weight is 461 g/mol. The molecule has 4 nitrogen and oxygen atoms in total. The van der Waals surface area contributed by atoms with Gasteiger partial charge in [-0.3, -0.25) is 14.5 Å². The van der Waals surface area contributed by atoms with Crippen molar-refractivity contribution in [3.05, 3.63) is 101 Å². The van der Waals surface area contributed by atoms with Gasteiger partial charge in [0, 0.05) is 45.4 Å². The molecule has 32 heavy (non-hydrogen) atoms. The number of benzene rings is 3. The zero-order valence-corrected chi connectivity index (χ0v) is 18.8. The minimum absolute atomic E-state index is 0.0109. The Bertz CT molecular complexity index is 1220. The molecular formula is C26H21ClN2O2S. The van der Waals surface area contributed by atoms with Crippen molar-refractivity contribution in [2.45, 2.75) is 17.5 Å². The predicted molar refractivity (Wildman–Crippen MR) is 128 cm³/mol. The quantitative estimate of drug-likeness (QED) is 0.548. The van der Waals surface area contributed by atoms with Gasteiger partial charge in [-0.15, -0.1) is 11.8 Å². The van der Waals surface area contributed by atoms with Crippen LogP contribution in [0.3, 0.4) is 0 Å². The van der Waals surface area contributed by atoms with Crippen molar-refractivity contribution in [3.8, 4) is 0 Å². The van der Waals surface area contributed by atoms with E-state index < -0.39 is 11.5 Å². The van der Waals surface area contributed by atoms with Crippen molar-refractivity contribution in [2.75, 3.05) is 16.9 Å². The summed E-state index contributed by atoms with van der Waals surface area (Å²) in [4.78, 5) is 30.3. The third-order valence-electron chi connectivity index (χ3n) is 7.12. The maximum Gasteiger partial charge on any atom is 0.250 e. The Labute approximate surface area is 196 Å². The van der Waals surface area contributed by atoms with E-state index in [9.17, 15) is 9.59 Å². The van der Waals surface area contributed by atoms with Crippen LogP contribution >= 0.6 is 23.4 Å². The lowest BCUT2D eigenvalue weighted by atomic mass is 9.69. The van der Waals surface area contributed by atoms with Crippen LogP contribution in [0.15, 0.2) is 78.9 Å². The Kier molecular flexibility index (Phi) is 4.68. The molecule has 2 saturated heterocycles. The van der Waals surface area contributed by atoms with Crippen LogP contribution in [0.4, 0.5) is 5.69 Å². The molecule has 0 bridgehead atoms. The first-order valence-corrected chi connectivity index (χ1v) is 12.3. The zero-order chi connectivity index (χ0) is 21.9. The molecular weight excluding hydrogens is 440 g/mol. The van der Waals surface area contributed by atoms with Gasteiger partial charge in [0.15, 0.2) is 5.78 Å². The highest BCUT2D eigenvalue weighted by atomic mass is 35.5. The summed E-state index contributed by atoms with van der Waals surface area (Å²) >= 11 is 8.01. The molecule has 160 valence electrons. The lowest BCUT2D eigenvalue weighted by molar-refractivity contribution is -0.127. The van der Waals surface area contributed by atoms with Crippen LogP contribution in [0, 0.1) is 5.92 Å². The second-order valence-corrected chi connectivity index (χ2v) is 10.0. The number of carbonyl (C=O) groups is 2. The van der Waals surface area contributed by atoms with E-state index in [2.05, 4.69) is 10.2 Å². The van der Waals surface area contributed by atoms with Crippen LogP contribution in [-0.2, 0) is 10.3 Å². The number of Topliss-reactive ketones (excluding diaryl/α,β-unsaturated/α-hetero) is 1. The molecule has 2 fully saturated rings. The van der Waals surface area contributed by atoms with Gasteiger partial charge in [-0.2, -0.15) is 0 Å². The fourth-order valence-corrected chi connectivity index (χ4v) is 7.32. The van der Waals surface area contributed by atoms with Crippen molar-refractivity contribution >= 4 is 40.7 Å². The highest BCUT2D eigenvalue weighted by Crippen LogP contribution is 2.61. The van der Waals surface area contributed by atoms with Gasteiger partial charge in [-0.05, 0) is 23.8 Å². The molecule has 6 heteroatoms. The van der Waals surface area contributed by atoms with E-state index >= 15 is 0 Å². The van der Waals surface area contributed by atoms with Gasteiger partial charge in [0.2, 0.25) is 5.91 Å². The fraction of sp³-hybridized carbons (Fsp3) is 0.231. The SMILES string of the molecule is O=C(c1ccccc1)[C@@H]1[C@@H](c2ccc(Cl)cc2)[C@H]2CSCN2[C@@]12C(=O)Nc1ccccc12. The van der Waals surface area contributed by atoms with Crippen LogP contribution < -0.4 is 5.32 Å². The van der Waals surface area contributed by atoms with E-state index in [0.29, 0.717) is 10.6 Å². The van der Waals surface area contributed by atoms with Crippen molar-refractivity contribution in [1.29, 1.82) is 0 Å². The molecule has 1 N–H and O–H groups in total. The van der Waals surface area contributed by atoms with Gasteiger partial charge in [-0.1, -0.05) is 72.3 Å². The monoisotopic (exact) mass is 460 g/mol. The molecule has 3 aromatic carbocycles. The van der Waals surface area contributed by atoms with Crippen molar-refractivity contribution in [3.63, 3.8) is 0 Å². The summed E-state index contributed by atoms with van der Waals surface area (Å²) in [5, 5.41) is 3.76. The molecule has 6 rings (SSSR count). The highest BCUT2D eigenvalue weighted by molar-refractivity contribution is 7.99. The second-order valence-electron chi connectivity index (χ2n) is 8.59. The number of halogens is 1. The number of hydrogen-bond donors (Lipinski definition) is 1. The Morgan fingerprint density at radius 3 is 2.50 bits per heavy atom. The lowest BCUT2D eigenvalue weighted by Crippen LogP contribution is -2.52. The lowest BCUT2D eigenvalue weighted by Gasteiger charge is -2.36. The third kappa shape index (κ3) is 2.68. The minimum atomic E-state index is -1.03. The van der Waals surface area contributed by atoms with Crippen molar-refractivity contribution in [2.24, 2.45) is 5.92 Å². The number of thioether (sulfide) groups is 1. The van der Waals surface area contributed by atoms with E-state index in [-0.39, 0.29) is 23.7 Å². The second kappa shape index (κ2) is 7.48. The van der Waals surface area contributed by atoms with E-state index in [1.54, 1.807) is 0 Å². The highest BCUT2D eigenvalue weighted by Gasteiger charge is 2.69. The zero-order valence-electron chi connectivity index (χ0n) is 17.2. The molecule has 0 aliphatic carbocycles. The summed E-state index contributed by atoms with van der Waals surface area (Å²) in [6.45, 7) is 0. The van der Waals surface area contributed by atoms with E-state index in [1.165, 1.54) is 0 Å². The molecule has 0 radical (unpaired) electrons. The first-order valence-electron chi connectivity index (χ1n) is 10.7. The smallest absolute Gasteiger partial charge is 0.250 e. The number of anilines is 1. The fourth-order valence-electron chi connectivity index (χ4n) is 5.87. The minimum Gasteiger partial charge on any atom is -0.324 e. The Hall–Kier alpha value is -2.60. The number of amides is 1. The first kappa shape index (κ1) is 20.0. The molecule has 0 unspecified atom stereocenters. The van der Waals surface area contributed by atoms with Gasteiger partial charge in [0.05, 0.1) is 5.92 Å². The van der Waals surface area contributed by atoms with Gasteiger partial charge < -0.3 is 5.32 Å². The maximum absolute atomic E-state index is 14.2. The van der Waals surface area contributed by atoms with Crippen LogP contribution in [0.2, 0.25) is 5.02 Å². The molecule has 3 aliphatic heterocycles. The molecule has 3 aliphatic rings. The Morgan fingerprint density at radius 2 is 1.72 bits per heavy atom. The van der Waals surface area contributed by atoms with Crippen LogP contribution in [0.5, 0.6) is 0 Å². The predicted octanol–water partition coefficient (Wildman–Crippen LogP) is 5.16. The van der Waals surface area contributed by atoms with E-state index in [1.807, 2.05) is 90.6 Å². The normalized spacial score (nSPS) is 28.5. The maximum atomic E-state index is 14.2. The molecule has 1 amide bonds. The molecule has 3 aromatic rings. The molecule has 4 atom stereocenters. The molecule has 3 heterocycles. The summed E-state index contributed by atoms with van der Waals surface area (Å²) in [7, 11) is 0. The van der Waals surface area contributed by atoms with Crippen LogP contribution in [-0.4, -0.2) is 34.3 Å². The summed E-state index contributed by atoms with van der Waals surface area (Å²) < 4.78 is 0. The van der Waals surface area contributed by atoms with Crippen LogP contribution in [0.25, 0.3) is 0 Å². The standard InChI is InChI=1S/C26H21ClN2O2S/c27-18-12-10-16(11-13-18)22-21-14-32-15-29(21)26(19-8-4-5-9-20(19)28-25(26)31)23(22)24(30)17-6-2-1-3-7-17/h1-13,21-23H,14-15H2,(H,28,31)/t21-,22+,23+,26-/m1/s1. The summed E-state index contributed by atoms with van der Waals surface area (Å²) in [5.74, 6) is 0.847. The number of carbonyl (C=O) groups excluding carboxylic acids is 2. The van der Waals surface area contributed by atoms with E-state index in [0.717, 1.165) is 28.4 Å². The number of nitrogens with zero attached hydrogens (tertiary/aromatic N) is 1. The largest absolute Gasteiger partial charge is 0.324 e. The number of fused-ring (bicyclic) bond motifs is 4. The van der Waals surface area contributed by atoms with Gasteiger partial charge in [-0.25, -0.2) is 0 Å². The Balaban J connectivity index is 1.62. The van der Waals surface area contributed by atoms with Crippen LogP contribution in [0.1, 0.15) is 27.4 Å². The third-order valence-corrected chi connectivity index (χ3v) is 8.41. The van der Waals surface area contributed by atoms with Gasteiger partial charge >= 0.3 is 0 Å². The number of hydrogen-bond acceptors (Lipinski definition) is 4.